The van der Waals surface area contributed by atoms with E-state index in [1.165, 1.54) is 12.1 Å². The van der Waals surface area contributed by atoms with Gasteiger partial charge >= 0.3 is 11.4 Å². The molecule has 0 radical (unpaired) electrons. The zero-order valence-corrected chi connectivity index (χ0v) is 10.1. The minimum absolute atomic E-state index is 0.0599. The summed E-state index contributed by atoms with van der Waals surface area (Å²) < 4.78 is 23.8. The molecule has 1 aromatic rings. The second-order valence-corrected chi connectivity index (χ2v) is 3.32. The molecule has 0 fully saturated rings. The van der Waals surface area contributed by atoms with Crippen LogP contribution in [0.15, 0.2) is 28.2 Å². The molecule has 1 N–H and O–H groups in total. The first-order valence-corrected chi connectivity index (χ1v) is 5.61. The van der Waals surface area contributed by atoms with Gasteiger partial charge in [0.25, 0.3) is 0 Å². The molecule has 82 valence electrons. The topological polar surface area (TPSA) is 71.2 Å². The standard InChI is InChI=1S/C8H4N2O3S3/c11-16(12)13-8-3-6(9-4-14)1-2-7(8)10-5-15/h1-3H,(H,11,12). The molecule has 0 spiro atoms. The molecule has 16 heavy (non-hydrogen) atoms. The predicted molar refractivity (Wildman–Crippen MR) is 67.2 cm³/mol. The van der Waals surface area contributed by atoms with Crippen LogP contribution >= 0.6 is 24.4 Å². The Hall–Kier alpha value is -1.27. The van der Waals surface area contributed by atoms with Crippen molar-refractivity contribution >= 4 is 57.5 Å². The first-order chi connectivity index (χ1) is 7.67. The largest absolute Gasteiger partial charge is 0.378 e. The summed E-state index contributed by atoms with van der Waals surface area (Å²) in [6.07, 6.45) is 0. The first kappa shape index (κ1) is 12.8. The fourth-order valence-corrected chi connectivity index (χ4v) is 1.40. The number of rotatable bonds is 4. The van der Waals surface area contributed by atoms with Crippen molar-refractivity contribution in [2.24, 2.45) is 9.98 Å². The van der Waals surface area contributed by atoms with E-state index in [2.05, 4.69) is 48.9 Å². The summed E-state index contributed by atoms with van der Waals surface area (Å²) in [5.74, 6) is 0.0599. The van der Waals surface area contributed by atoms with Crippen LogP contribution in [0.4, 0.5) is 11.4 Å². The van der Waals surface area contributed by atoms with E-state index in [4.69, 9.17) is 4.55 Å². The lowest BCUT2D eigenvalue weighted by Gasteiger charge is -2.03. The van der Waals surface area contributed by atoms with Gasteiger partial charge in [-0.1, -0.05) is 0 Å². The fraction of sp³-hybridized carbons (Fsp3) is 0. The SMILES string of the molecule is O=S(O)Oc1cc(N=C=S)ccc1N=C=S. The van der Waals surface area contributed by atoms with Gasteiger partial charge in [0.1, 0.15) is 5.69 Å². The molecule has 0 aromatic heterocycles. The number of thiocarbonyl (C=S) groups is 2. The highest BCUT2D eigenvalue weighted by Gasteiger charge is 2.07. The fourth-order valence-electron chi connectivity index (χ4n) is 0.910. The summed E-state index contributed by atoms with van der Waals surface area (Å²) in [5, 5.41) is 4.29. The number of benzene rings is 1. The molecule has 0 aliphatic rings. The summed E-state index contributed by atoms with van der Waals surface area (Å²) in [5.41, 5.74) is 0.708. The van der Waals surface area contributed by atoms with Crippen LogP contribution in [0, 0.1) is 0 Å². The summed E-state index contributed by atoms with van der Waals surface area (Å²) in [6.45, 7) is 0. The van der Waals surface area contributed by atoms with Crippen LogP contribution in [0.2, 0.25) is 0 Å². The minimum atomic E-state index is -2.45. The van der Waals surface area contributed by atoms with Gasteiger partial charge in [-0.05, 0) is 36.6 Å². The Balaban J connectivity index is 3.24. The lowest BCUT2D eigenvalue weighted by Crippen LogP contribution is -1.97. The van der Waals surface area contributed by atoms with Crippen molar-refractivity contribution in [3.05, 3.63) is 18.2 Å². The highest BCUT2D eigenvalue weighted by molar-refractivity contribution is 7.78. The van der Waals surface area contributed by atoms with E-state index >= 15 is 0 Å². The van der Waals surface area contributed by atoms with E-state index in [0.717, 1.165) is 0 Å². The Bertz CT molecular complexity index is 519. The van der Waals surface area contributed by atoms with Crippen LogP contribution in [0.25, 0.3) is 0 Å². The second-order valence-electron chi connectivity index (χ2n) is 2.36. The number of nitrogens with zero attached hydrogens (tertiary/aromatic N) is 2. The van der Waals surface area contributed by atoms with Gasteiger partial charge in [-0.25, -0.2) is 0 Å². The monoisotopic (exact) mass is 272 g/mol. The minimum Gasteiger partial charge on any atom is -0.378 e. The van der Waals surface area contributed by atoms with Crippen molar-refractivity contribution in [2.45, 2.75) is 0 Å². The van der Waals surface area contributed by atoms with Crippen LogP contribution in [-0.4, -0.2) is 19.1 Å². The average Bonchev–Trinajstić information content (AvgIpc) is 2.22. The van der Waals surface area contributed by atoms with Gasteiger partial charge in [-0.15, -0.1) is 0 Å². The van der Waals surface area contributed by atoms with Gasteiger partial charge in [0.2, 0.25) is 0 Å². The molecule has 1 atom stereocenters. The summed E-state index contributed by atoms with van der Waals surface area (Å²) in [6, 6.07) is 4.48. The van der Waals surface area contributed by atoms with Gasteiger partial charge in [0, 0.05) is 6.07 Å². The van der Waals surface area contributed by atoms with Crippen molar-refractivity contribution in [1.29, 1.82) is 0 Å². The third kappa shape index (κ3) is 3.71. The Morgan fingerprint density at radius 1 is 1.31 bits per heavy atom. The van der Waals surface area contributed by atoms with Crippen LogP contribution in [-0.2, 0) is 11.4 Å². The molecule has 8 heteroatoms. The molecule has 1 rings (SSSR count). The van der Waals surface area contributed by atoms with Gasteiger partial charge in [-0.3, -0.25) is 4.55 Å². The van der Waals surface area contributed by atoms with Crippen LogP contribution in [0.1, 0.15) is 0 Å². The molecule has 0 amide bonds. The lowest BCUT2D eigenvalue weighted by molar-refractivity contribution is 0.458. The van der Waals surface area contributed by atoms with Crippen LogP contribution in [0.3, 0.4) is 0 Å². The zero-order chi connectivity index (χ0) is 12.0. The summed E-state index contributed by atoms with van der Waals surface area (Å²) in [7, 11) is 0. The van der Waals surface area contributed by atoms with Crippen LogP contribution < -0.4 is 4.18 Å². The Morgan fingerprint density at radius 2 is 2.00 bits per heavy atom. The van der Waals surface area contributed by atoms with E-state index in [1.807, 2.05) is 0 Å². The maximum Gasteiger partial charge on any atom is 0.357 e. The van der Waals surface area contributed by atoms with Crippen molar-refractivity contribution in [1.82, 2.24) is 0 Å². The zero-order valence-electron chi connectivity index (χ0n) is 7.61. The Kier molecular flexibility index (Phi) is 5.07. The molecule has 0 saturated carbocycles. The highest BCUT2D eigenvalue weighted by Crippen LogP contribution is 2.31. The molecule has 0 saturated heterocycles. The third-order valence-electron chi connectivity index (χ3n) is 1.45. The van der Waals surface area contributed by atoms with E-state index in [1.54, 1.807) is 6.07 Å². The third-order valence-corrected chi connectivity index (χ3v) is 1.95. The van der Waals surface area contributed by atoms with Gasteiger partial charge in [0.05, 0.1) is 16.0 Å². The number of isothiocyanates is 2. The molecule has 0 bridgehead atoms. The molecular weight excluding hydrogens is 268 g/mol. The van der Waals surface area contributed by atoms with E-state index in [9.17, 15) is 4.21 Å². The molecule has 1 unspecified atom stereocenters. The van der Waals surface area contributed by atoms with Gasteiger partial charge in [-0.2, -0.15) is 14.2 Å². The van der Waals surface area contributed by atoms with Crippen molar-refractivity contribution in [2.75, 3.05) is 0 Å². The molecule has 0 heterocycles. The Labute approximate surface area is 104 Å². The summed E-state index contributed by atoms with van der Waals surface area (Å²) in [4.78, 5) is 7.36. The highest BCUT2D eigenvalue weighted by atomic mass is 32.2. The maximum atomic E-state index is 10.5. The summed E-state index contributed by atoms with van der Waals surface area (Å²) >= 11 is 6.41. The van der Waals surface area contributed by atoms with E-state index < -0.39 is 11.4 Å². The first-order valence-electron chi connectivity index (χ1n) is 3.76. The van der Waals surface area contributed by atoms with Gasteiger partial charge in [0.15, 0.2) is 5.75 Å². The quantitative estimate of drug-likeness (QED) is 0.518. The molecule has 1 aromatic carbocycles. The van der Waals surface area contributed by atoms with Crippen LogP contribution in [0.5, 0.6) is 5.75 Å². The molecule has 0 aliphatic heterocycles. The normalized spacial score (nSPS) is 10.8. The average molecular weight is 272 g/mol. The molecular formula is C8H4N2O3S3. The number of hydrogen-bond donors (Lipinski definition) is 1. The van der Waals surface area contributed by atoms with Crippen molar-refractivity contribution in [3.8, 4) is 5.75 Å². The van der Waals surface area contributed by atoms with E-state index in [0.29, 0.717) is 5.69 Å². The molecule has 0 aliphatic carbocycles. The number of hydrogen-bond acceptors (Lipinski definition) is 6. The van der Waals surface area contributed by atoms with Crippen molar-refractivity contribution < 1.29 is 12.9 Å². The Morgan fingerprint density at radius 3 is 2.56 bits per heavy atom. The lowest BCUT2D eigenvalue weighted by atomic mass is 10.2. The number of aliphatic imine (C=N–C) groups is 2. The smallest absolute Gasteiger partial charge is 0.357 e. The van der Waals surface area contributed by atoms with Gasteiger partial charge < -0.3 is 4.18 Å². The maximum absolute atomic E-state index is 10.5. The second kappa shape index (κ2) is 6.34. The van der Waals surface area contributed by atoms with Crippen molar-refractivity contribution in [3.63, 3.8) is 0 Å². The molecule has 5 nitrogen and oxygen atoms in total. The predicted octanol–water partition coefficient (Wildman–Crippen LogP) is 2.67. The van der Waals surface area contributed by atoms with E-state index in [-0.39, 0.29) is 11.4 Å².